The van der Waals surface area contributed by atoms with Gasteiger partial charge >= 0.3 is 12.2 Å². The van der Waals surface area contributed by atoms with Crippen LogP contribution in [-0.4, -0.2) is 68.6 Å². The number of halogens is 3. The van der Waals surface area contributed by atoms with Gasteiger partial charge in [-0.15, -0.1) is 0 Å². The quantitative estimate of drug-likeness (QED) is 0.307. The predicted octanol–water partition coefficient (Wildman–Crippen LogP) is 4.82. The number of amides is 2. The zero-order chi connectivity index (χ0) is 28.7. The molecule has 3 aromatic heterocycles. The smallest absolute Gasteiger partial charge is 0.383 e. The molecule has 214 valence electrons. The molecule has 6 rings (SSSR count). The minimum Gasteiger partial charge on any atom is -0.383 e. The van der Waals surface area contributed by atoms with E-state index in [1.165, 1.54) is 18.5 Å². The maximum absolute atomic E-state index is 13.9. The van der Waals surface area contributed by atoms with Crippen molar-refractivity contribution in [2.75, 3.05) is 49.6 Å². The van der Waals surface area contributed by atoms with Gasteiger partial charge in [0, 0.05) is 68.0 Å². The second kappa shape index (κ2) is 10.6. The largest absolute Gasteiger partial charge is 0.416 e. The summed E-state index contributed by atoms with van der Waals surface area (Å²) >= 11 is 0. The number of piperazine rings is 1. The third kappa shape index (κ3) is 5.81. The Labute approximate surface area is 234 Å². The van der Waals surface area contributed by atoms with Crippen LogP contribution in [0.15, 0.2) is 49.1 Å². The van der Waals surface area contributed by atoms with Crippen LogP contribution in [0.25, 0.3) is 22.2 Å². The molecule has 0 unspecified atom stereocenters. The van der Waals surface area contributed by atoms with Crippen LogP contribution in [0.1, 0.15) is 30.0 Å². The fourth-order valence-corrected chi connectivity index (χ4v) is 5.17. The summed E-state index contributed by atoms with van der Waals surface area (Å²) in [5.74, 6) is 0.614. The number of hydrogen-bond acceptors (Lipinski definition) is 7. The average Bonchev–Trinajstić information content (AvgIpc) is 3.70. The molecule has 4 heterocycles. The third-order valence-electron chi connectivity index (χ3n) is 7.56. The third-order valence-corrected chi connectivity index (χ3v) is 7.56. The van der Waals surface area contributed by atoms with E-state index in [9.17, 15) is 18.0 Å². The molecule has 0 spiro atoms. The van der Waals surface area contributed by atoms with Gasteiger partial charge in [0.05, 0.1) is 10.9 Å². The zero-order valence-corrected chi connectivity index (χ0v) is 22.4. The van der Waals surface area contributed by atoms with E-state index in [1.807, 2.05) is 18.1 Å². The first-order valence-electron chi connectivity index (χ1n) is 13.4. The summed E-state index contributed by atoms with van der Waals surface area (Å²) in [6.45, 7) is 3.21. The number of fused-ring (bicyclic) bond motifs is 1. The van der Waals surface area contributed by atoms with Crippen LogP contribution in [0.2, 0.25) is 0 Å². The van der Waals surface area contributed by atoms with E-state index >= 15 is 0 Å². The molecule has 10 nitrogen and oxygen atoms in total. The number of nitrogen functional groups attached to an aromatic ring is 1. The van der Waals surface area contributed by atoms with Crippen molar-refractivity contribution in [3.8, 4) is 11.1 Å². The molecule has 1 aromatic carbocycles. The lowest BCUT2D eigenvalue weighted by atomic mass is 10.0. The standard InChI is InChI=1S/C28H30F3N9O/c1-38-8-10-39(11-9-38)14-18-2-4-19(12-22(18)28(29,30)31)36-27(41)37-23-7-3-17(13-33-23)21-15-40(20-5-6-20)26-24(21)25(32)34-16-35-26/h2-4,7,12-13,15-16,20H,5-6,8-11,14H2,1H3,(H2,32,34,35)(H2,33,36,37,41). The number of rotatable bonds is 6. The summed E-state index contributed by atoms with van der Waals surface area (Å²) in [4.78, 5) is 29.7. The fourth-order valence-electron chi connectivity index (χ4n) is 5.17. The van der Waals surface area contributed by atoms with Crippen molar-refractivity contribution >= 4 is 34.4 Å². The Hall–Kier alpha value is -4.23. The van der Waals surface area contributed by atoms with E-state index in [0.717, 1.165) is 54.2 Å². The first-order chi connectivity index (χ1) is 19.7. The second-order valence-electron chi connectivity index (χ2n) is 10.6. The van der Waals surface area contributed by atoms with Crippen molar-refractivity contribution in [3.05, 3.63) is 60.2 Å². The number of alkyl halides is 3. The van der Waals surface area contributed by atoms with Crippen molar-refractivity contribution in [3.63, 3.8) is 0 Å². The van der Waals surface area contributed by atoms with E-state index in [-0.39, 0.29) is 23.6 Å². The molecular weight excluding hydrogens is 535 g/mol. The van der Waals surface area contributed by atoms with Gasteiger partial charge in [0.15, 0.2) is 0 Å². The molecule has 2 aliphatic rings. The molecule has 4 N–H and O–H groups in total. The molecule has 41 heavy (non-hydrogen) atoms. The molecule has 2 amide bonds. The summed E-state index contributed by atoms with van der Waals surface area (Å²) in [6.07, 6.45) is 2.64. The Morgan fingerprint density at radius 3 is 2.51 bits per heavy atom. The lowest BCUT2D eigenvalue weighted by Crippen LogP contribution is -2.44. The fraction of sp³-hybridized carbons (Fsp3) is 0.357. The molecule has 4 aromatic rings. The number of aromatic nitrogens is 4. The van der Waals surface area contributed by atoms with Gasteiger partial charge in [-0.25, -0.2) is 19.7 Å². The second-order valence-corrected chi connectivity index (χ2v) is 10.6. The van der Waals surface area contributed by atoms with Crippen LogP contribution in [0.3, 0.4) is 0 Å². The van der Waals surface area contributed by atoms with E-state index < -0.39 is 17.8 Å². The van der Waals surface area contributed by atoms with Crippen molar-refractivity contribution in [2.45, 2.75) is 31.6 Å². The number of urea groups is 1. The summed E-state index contributed by atoms with van der Waals surface area (Å²) in [5, 5.41) is 5.82. The highest BCUT2D eigenvalue weighted by Gasteiger charge is 2.34. The Bertz CT molecular complexity index is 1570. The number of hydrogen-bond donors (Lipinski definition) is 3. The van der Waals surface area contributed by atoms with E-state index in [1.54, 1.807) is 18.3 Å². The predicted molar refractivity (Wildman–Crippen MR) is 150 cm³/mol. The average molecular weight is 566 g/mol. The Morgan fingerprint density at radius 2 is 1.83 bits per heavy atom. The lowest BCUT2D eigenvalue weighted by Gasteiger charge is -2.33. The number of nitrogens with two attached hydrogens (primary N) is 1. The molecule has 2 fully saturated rings. The zero-order valence-electron chi connectivity index (χ0n) is 22.4. The van der Waals surface area contributed by atoms with Gasteiger partial charge in [-0.2, -0.15) is 13.2 Å². The molecule has 0 atom stereocenters. The first kappa shape index (κ1) is 27.0. The van der Waals surface area contributed by atoms with Gasteiger partial charge < -0.3 is 20.5 Å². The number of likely N-dealkylation sites (N-methyl/N-ethyl adjacent to an activating group) is 1. The summed E-state index contributed by atoms with van der Waals surface area (Å²) < 4.78 is 43.8. The maximum Gasteiger partial charge on any atom is 0.416 e. The summed E-state index contributed by atoms with van der Waals surface area (Å²) in [6, 6.07) is 6.98. The minimum absolute atomic E-state index is 0.0388. The lowest BCUT2D eigenvalue weighted by molar-refractivity contribution is -0.138. The Kier molecular flexibility index (Phi) is 6.99. The molecule has 0 bridgehead atoms. The van der Waals surface area contributed by atoms with E-state index in [2.05, 4.69) is 35.1 Å². The molecule has 1 aliphatic heterocycles. The highest BCUT2D eigenvalue weighted by atomic mass is 19.4. The Balaban J connectivity index is 1.15. The molecule has 0 radical (unpaired) electrons. The number of anilines is 3. The number of pyridine rings is 1. The number of carbonyl (C=O) groups is 1. The van der Waals surface area contributed by atoms with Crippen molar-refractivity contribution < 1.29 is 18.0 Å². The highest BCUT2D eigenvalue weighted by Crippen LogP contribution is 2.42. The minimum atomic E-state index is -4.55. The van der Waals surface area contributed by atoms with Crippen molar-refractivity contribution in [1.82, 2.24) is 29.3 Å². The molecular formula is C28H30F3N9O. The van der Waals surface area contributed by atoms with Gasteiger partial charge in [-0.05, 0) is 49.7 Å². The number of nitrogens with one attached hydrogen (secondary N) is 2. The van der Waals surface area contributed by atoms with Crippen LogP contribution in [0.4, 0.5) is 35.3 Å². The SMILES string of the molecule is CN1CCN(Cc2ccc(NC(=O)Nc3ccc(-c4cn(C5CC5)c5ncnc(N)c45)cn3)cc2C(F)(F)F)CC1. The van der Waals surface area contributed by atoms with Crippen LogP contribution < -0.4 is 16.4 Å². The summed E-state index contributed by atoms with van der Waals surface area (Å²) in [7, 11) is 1.99. The van der Waals surface area contributed by atoms with E-state index in [0.29, 0.717) is 24.9 Å². The van der Waals surface area contributed by atoms with Crippen LogP contribution in [0, 0.1) is 0 Å². The van der Waals surface area contributed by atoms with Crippen molar-refractivity contribution in [2.24, 2.45) is 0 Å². The van der Waals surface area contributed by atoms with Gasteiger partial charge in [-0.1, -0.05) is 6.07 Å². The Morgan fingerprint density at radius 1 is 1.05 bits per heavy atom. The van der Waals surface area contributed by atoms with Crippen LogP contribution >= 0.6 is 0 Å². The first-order valence-corrected chi connectivity index (χ1v) is 13.4. The molecule has 1 saturated carbocycles. The molecule has 13 heteroatoms. The van der Waals surface area contributed by atoms with Crippen LogP contribution in [0.5, 0.6) is 0 Å². The van der Waals surface area contributed by atoms with Crippen molar-refractivity contribution in [1.29, 1.82) is 0 Å². The molecule has 1 aliphatic carbocycles. The number of carbonyl (C=O) groups excluding carboxylic acids is 1. The van der Waals surface area contributed by atoms with Gasteiger partial charge in [-0.3, -0.25) is 10.2 Å². The van der Waals surface area contributed by atoms with Gasteiger partial charge in [0.2, 0.25) is 0 Å². The molecule has 1 saturated heterocycles. The highest BCUT2D eigenvalue weighted by molar-refractivity contribution is 6.01. The number of benzene rings is 1. The summed E-state index contributed by atoms with van der Waals surface area (Å²) in [5.41, 5.74) is 8.01. The number of nitrogens with zero attached hydrogens (tertiary/aromatic N) is 6. The normalized spacial score (nSPS) is 16.7. The van der Waals surface area contributed by atoms with Gasteiger partial charge in [0.25, 0.3) is 0 Å². The topological polar surface area (TPSA) is 117 Å². The van der Waals surface area contributed by atoms with E-state index in [4.69, 9.17) is 5.73 Å². The van der Waals surface area contributed by atoms with Crippen LogP contribution in [-0.2, 0) is 12.7 Å². The maximum atomic E-state index is 13.9. The van der Waals surface area contributed by atoms with Gasteiger partial charge in [0.1, 0.15) is 23.6 Å². The monoisotopic (exact) mass is 565 g/mol.